The highest BCUT2D eigenvalue weighted by Crippen LogP contribution is 1.80. The molecule has 0 nitrogen and oxygen atoms in total. The first-order chi connectivity index (χ1) is 15.4. The Morgan fingerprint density at radius 1 is 0.226 bits per heavy atom. The van der Waals surface area contributed by atoms with Gasteiger partial charge in [0.25, 0.3) is 0 Å². The zero-order valence-electron chi connectivity index (χ0n) is 25.6. The van der Waals surface area contributed by atoms with Crippen LogP contribution < -0.4 is 0 Å². The van der Waals surface area contributed by atoms with Crippen molar-refractivity contribution < 1.29 is 0 Å². The molecule has 0 heteroatoms. The lowest BCUT2D eigenvalue weighted by Crippen LogP contribution is -1.47. The predicted octanol–water partition coefficient (Wildman–Crippen LogP) is 13.0. The molecule has 2 rings (SSSR count). The Labute approximate surface area is 203 Å². The van der Waals surface area contributed by atoms with E-state index in [0.717, 1.165) is 0 Å². The van der Waals surface area contributed by atoms with Gasteiger partial charge in [0.1, 0.15) is 0 Å². The van der Waals surface area contributed by atoms with Gasteiger partial charge in [-0.05, 0) is 0 Å². The SMILES string of the molecule is CC.CC.CC.CC.CC.CC.CC.CC.CCC.c1ccccc1.c1ccccc1. The molecule has 0 N–H and O–H groups in total. The summed E-state index contributed by atoms with van der Waals surface area (Å²) < 4.78 is 0. The highest BCUT2D eigenvalue weighted by atomic mass is 13.7. The van der Waals surface area contributed by atoms with E-state index in [1.807, 2.05) is 184 Å². The third-order valence-electron chi connectivity index (χ3n) is 1.33. The van der Waals surface area contributed by atoms with Crippen LogP contribution in [0.15, 0.2) is 72.8 Å². The zero-order valence-corrected chi connectivity index (χ0v) is 25.6. The van der Waals surface area contributed by atoms with Crippen LogP contribution >= 0.6 is 0 Å². The third-order valence-corrected chi connectivity index (χ3v) is 1.33. The van der Waals surface area contributed by atoms with Crippen LogP contribution in [0.5, 0.6) is 0 Å². The van der Waals surface area contributed by atoms with Gasteiger partial charge in [0.05, 0.1) is 0 Å². The van der Waals surface area contributed by atoms with E-state index in [0.29, 0.717) is 0 Å². The quantitative estimate of drug-likeness (QED) is 0.382. The van der Waals surface area contributed by atoms with E-state index in [-0.39, 0.29) is 0 Å². The van der Waals surface area contributed by atoms with Crippen LogP contribution in [0.3, 0.4) is 0 Å². The number of rotatable bonds is 0. The van der Waals surface area contributed by atoms with Crippen molar-refractivity contribution in [2.24, 2.45) is 0 Å². The molecule has 2 aromatic rings. The molecule has 0 saturated carbocycles. The minimum atomic E-state index is 1.25. The van der Waals surface area contributed by atoms with Gasteiger partial charge in [-0.3, -0.25) is 0 Å². The number of benzene rings is 2. The van der Waals surface area contributed by atoms with Crippen LogP contribution in [-0.4, -0.2) is 0 Å². The van der Waals surface area contributed by atoms with Crippen LogP contribution in [0.25, 0.3) is 0 Å². The maximum absolute atomic E-state index is 2.12. The number of hydrogen-bond acceptors (Lipinski definition) is 0. The molecule has 0 amide bonds. The molecular formula is C31H68. The summed E-state index contributed by atoms with van der Waals surface area (Å²) in [5.41, 5.74) is 0. The number of hydrogen-bond donors (Lipinski definition) is 0. The van der Waals surface area contributed by atoms with E-state index in [1.165, 1.54) is 6.42 Å². The molecule has 0 atom stereocenters. The Balaban J connectivity index is -0.0000000260. The van der Waals surface area contributed by atoms with Crippen LogP contribution in [0.2, 0.25) is 0 Å². The summed E-state index contributed by atoms with van der Waals surface area (Å²) in [7, 11) is 0. The van der Waals surface area contributed by atoms with E-state index in [9.17, 15) is 0 Å². The third kappa shape index (κ3) is 182. The first-order valence-corrected chi connectivity index (χ1v) is 13.4. The molecular weight excluding hydrogens is 372 g/mol. The van der Waals surface area contributed by atoms with Gasteiger partial charge in [0.2, 0.25) is 0 Å². The van der Waals surface area contributed by atoms with Gasteiger partial charge in [0.15, 0.2) is 0 Å². The maximum Gasteiger partial charge on any atom is -0.0590 e. The summed E-state index contributed by atoms with van der Waals surface area (Å²) >= 11 is 0. The molecule has 0 radical (unpaired) electrons. The fourth-order valence-electron chi connectivity index (χ4n) is 0.770. The normalized spacial score (nSPS) is 5.23. The van der Waals surface area contributed by atoms with Crippen molar-refractivity contribution in [3.05, 3.63) is 72.8 Å². The summed E-state index contributed by atoms with van der Waals surface area (Å²) in [6.45, 7) is 36.2. The second kappa shape index (κ2) is 164. The summed E-state index contributed by atoms with van der Waals surface area (Å²) in [4.78, 5) is 0. The maximum atomic E-state index is 2.12. The lowest BCUT2D eigenvalue weighted by atomic mass is 10.4. The average Bonchev–Trinajstić information content (AvgIpc) is 2.96. The smallest absolute Gasteiger partial charge is 0.0590 e. The highest BCUT2D eigenvalue weighted by Gasteiger charge is 1.58. The van der Waals surface area contributed by atoms with E-state index in [2.05, 4.69) is 13.8 Å². The van der Waals surface area contributed by atoms with Gasteiger partial charge in [-0.1, -0.05) is 204 Å². The van der Waals surface area contributed by atoms with Gasteiger partial charge >= 0.3 is 0 Å². The Bertz CT molecular complexity index is 188. The molecule has 0 aliphatic heterocycles. The predicted molar refractivity (Wildman–Crippen MR) is 160 cm³/mol. The molecule has 0 heterocycles. The summed E-state index contributed by atoms with van der Waals surface area (Å²) in [5, 5.41) is 0. The molecule has 0 aliphatic rings. The molecule has 192 valence electrons. The zero-order chi connectivity index (χ0) is 27.2. The summed E-state index contributed by atoms with van der Waals surface area (Å²) in [6, 6.07) is 24.0. The Kier molecular flexibility index (Phi) is 301. The monoisotopic (exact) mass is 441 g/mol. The van der Waals surface area contributed by atoms with Crippen molar-refractivity contribution in [2.75, 3.05) is 0 Å². The summed E-state index contributed by atoms with van der Waals surface area (Å²) in [5.74, 6) is 0. The Morgan fingerprint density at radius 3 is 0.290 bits per heavy atom. The fraction of sp³-hybridized carbons (Fsp3) is 0.613. The fourth-order valence-corrected chi connectivity index (χ4v) is 0.770. The van der Waals surface area contributed by atoms with Gasteiger partial charge in [-0.25, -0.2) is 0 Å². The van der Waals surface area contributed by atoms with Crippen LogP contribution in [0, 0.1) is 0 Å². The topological polar surface area (TPSA) is 0 Å². The minimum Gasteiger partial charge on any atom is -0.0683 e. The Morgan fingerprint density at radius 2 is 0.258 bits per heavy atom. The van der Waals surface area contributed by atoms with Crippen molar-refractivity contribution in [1.29, 1.82) is 0 Å². The van der Waals surface area contributed by atoms with E-state index < -0.39 is 0 Å². The molecule has 0 aromatic heterocycles. The minimum absolute atomic E-state index is 1.25. The molecule has 0 spiro atoms. The van der Waals surface area contributed by atoms with Crippen molar-refractivity contribution in [3.63, 3.8) is 0 Å². The molecule has 0 aliphatic carbocycles. The Hall–Kier alpha value is -1.56. The van der Waals surface area contributed by atoms with Crippen LogP contribution in [0.4, 0.5) is 0 Å². The van der Waals surface area contributed by atoms with E-state index in [1.54, 1.807) is 0 Å². The second-order valence-corrected chi connectivity index (χ2v) is 3.02. The average molecular weight is 441 g/mol. The van der Waals surface area contributed by atoms with Gasteiger partial charge in [0, 0.05) is 0 Å². The largest absolute Gasteiger partial charge is 0.0683 e. The van der Waals surface area contributed by atoms with Crippen molar-refractivity contribution in [1.82, 2.24) is 0 Å². The lowest BCUT2D eigenvalue weighted by molar-refractivity contribution is 1.09. The van der Waals surface area contributed by atoms with Crippen molar-refractivity contribution >= 4 is 0 Å². The first kappa shape index (κ1) is 57.0. The van der Waals surface area contributed by atoms with Gasteiger partial charge < -0.3 is 0 Å². The molecule has 0 bridgehead atoms. The molecule has 31 heavy (non-hydrogen) atoms. The molecule has 0 fully saturated rings. The molecule has 0 saturated heterocycles. The lowest BCUT2D eigenvalue weighted by Gasteiger charge is -1.69. The van der Waals surface area contributed by atoms with E-state index >= 15 is 0 Å². The van der Waals surface area contributed by atoms with Crippen LogP contribution in [-0.2, 0) is 0 Å². The standard InChI is InChI=1S/2C6H6.C3H8.8C2H6/c2*1-2-4-6-5-3-1;1-3-2;8*1-2/h2*1-6H;3H2,1-2H3;8*1-2H3. The van der Waals surface area contributed by atoms with Crippen molar-refractivity contribution in [2.45, 2.75) is 131 Å². The van der Waals surface area contributed by atoms with Crippen molar-refractivity contribution in [3.8, 4) is 0 Å². The second-order valence-electron chi connectivity index (χ2n) is 3.02. The van der Waals surface area contributed by atoms with Crippen LogP contribution in [0.1, 0.15) is 131 Å². The molecule has 2 aromatic carbocycles. The highest BCUT2D eigenvalue weighted by molar-refractivity contribution is 4.99. The van der Waals surface area contributed by atoms with Gasteiger partial charge in [-0.15, -0.1) is 0 Å². The van der Waals surface area contributed by atoms with E-state index in [4.69, 9.17) is 0 Å². The first-order valence-electron chi connectivity index (χ1n) is 13.4. The summed E-state index contributed by atoms with van der Waals surface area (Å²) in [6.07, 6.45) is 1.25. The van der Waals surface area contributed by atoms with Gasteiger partial charge in [-0.2, -0.15) is 0 Å². The molecule has 0 unspecified atom stereocenters.